The molecule has 0 spiro atoms. The van der Waals surface area contributed by atoms with Gasteiger partial charge in [0.05, 0.1) is 22.9 Å². The Morgan fingerprint density at radius 3 is 2.95 bits per heavy atom. The molecule has 3 nitrogen and oxygen atoms in total. The standard InChI is InChI=1S/C16H15N3/c1-2-9-18(10-3-1)14-7-4-8-15-16(14)17-12-13-6-5-11-19(13)15/h1-2,4-8,11-12H,3,9-10H2. The molecule has 3 heteroatoms. The van der Waals surface area contributed by atoms with Gasteiger partial charge in [0.1, 0.15) is 5.52 Å². The van der Waals surface area contributed by atoms with Gasteiger partial charge in [-0.15, -0.1) is 0 Å². The first-order valence-electron chi connectivity index (χ1n) is 6.68. The van der Waals surface area contributed by atoms with Crippen LogP contribution >= 0.6 is 0 Å². The highest BCUT2D eigenvalue weighted by Gasteiger charge is 2.12. The Labute approximate surface area is 111 Å². The van der Waals surface area contributed by atoms with Gasteiger partial charge in [0.2, 0.25) is 0 Å². The van der Waals surface area contributed by atoms with E-state index in [-0.39, 0.29) is 0 Å². The van der Waals surface area contributed by atoms with E-state index < -0.39 is 0 Å². The molecule has 0 amide bonds. The van der Waals surface area contributed by atoms with Gasteiger partial charge in [-0.05, 0) is 30.7 Å². The van der Waals surface area contributed by atoms with Crippen LogP contribution in [0.4, 0.5) is 5.69 Å². The Morgan fingerprint density at radius 2 is 2.05 bits per heavy atom. The van der Waals surface area contributed by atoms with Crippen LogP contribution in [0.15, 0.2) is 54.9 Å². The largest absolute Gasteiger partial charge is 0.366 e. The Hall–Kier alpha value is -2.29. The van der Waals surface area contributed by atoms with Crippen molar-refractivity contribution in [2.24, 2.45) is 0 Å². The van der Waals surface area contributed by atoms with Crippen molar-refractivity contribution in [3.63, 3.8) is 0 Å². The minimum Gasteiger partial charge on any atom is -0.366 e. The SMILES string of the molecule is C1=CCN(c2cccc3c2ncc2cccn23)CC1. The maximum absolute atomic E-state index is 4.67. The van der Waals surface area contributed by atoms with E-state index in [4.69, 9.17) is 0 Å². The maximum Gasteiger partial charge on any atom is 0.110 e. The fourth-order valence-corrected chi connectivity index (χ4v) is 2.81. The van der Waals surface area contributed by atoms with Gasteiger partial charge in [0.25, 0.3) is 0 Å². The average Bonchev–Trinajstić information content (AvgIpc) is 2.96. The van der Waals surface area contributed by atoms with Crippen LogP contribution in [-0.2, 0) is 0 Å². The Balaban J connectivity index is 1.98. The molecular formula is C16H15N3. The third kappa shape index (κ3) is 1.62. The highest BCUT2D eigenvalue weighted by Crippen LogP contribution is 2.27. The minimum absolute atomic E-state index is 0.977. The quantitative estimate of drug-likeness (QED) is 0.617. The topological polar surface area (TPSA) is 20.5 Å². The number of para-hydroxylation sites is 1. The van der Waals surface area contributed by atoms with Gasteiger partial charge in [-0.3, -0.25) is 4.98 Å². The van der Waals surface area contributed by atoms with Crippen molar-refractivity contribution >= 4 is 22.2 Å². The fourth-order valence-electron chi connectivity index (χ4n) is 2.81. The van der Waals surface area contributed by atoms with Gasteiger partial charge < -0.3 is 9.30 Å². The molecule has 3 heterocycles. The van der Waals surface area contributed by atoms with Crippen molar-refractivity contribution in [1.29, 1.82) is 0 Å². The molecule has 1 aliphatic rings. The second kappa shape index (κ2) is 4.12. The summed E-state index contributed by atoms with van der Waals surface area (Å²) in [4.78, 5) is 7.06. The third-order valence-electron chi connectivity index (χ3n) is 3.76. The van der Waals surface area contributed by atoms with Crippen LogP contribution in [0.1, 0.15) is 6.42 Å². The van der Waals surface area contributed by atoms with Gasteiger partial charge in [0.15, 0.2) is 0 Å². The molecular weight excluding hydrogens is 234 g/mol. The summed E-state index contributed by atoms with van der Waals surface area (Å²) in [5.41, 5.74) is 4.64. The zero-order chi connectivity index (χ0) is 12.7. The molecule has 1 aliphatic heterocycles. The predicted molar refractivity (Wildman–Crippen MR) is 78.7 cm³/mol. The number of benzene rings is 1. The number of hydrogen-bond donors (Lipinski definition) is 0. The van der Waals surface area contributed by atoms with E-state index in [0.717, 1.165) is 30.5 Å². The van der Waals surface area contributed by atoms with E-state index in [1.807, 2.05) is 6.20 Å². The van der Waals surface area contributed by atoms with Crippen LogP contribution in [0.3, 0.4) is 0 Å². The molecule has 0 aliphatic carbocycles. The number of rotatable bonds is 1. The van der Waals surface area contributed by atoms with E-state index in [1.54, 1.807) is 0 Å². The molecule has 0 unspecified atom stereocenters. The fraction of sp³-hybridized carbons (Fsp3) is 0.188. The molecule has 0 saturated carbocycles. The van der Waals surface area contributed by atoms with Crippen molar-refractivity contribution < 1.29 is 0 Å². The summed E-state index contributed by atoms with van der Waals surface area (Å²) in [5, 5.41) is 0. The molecule has 0 fully saturated rings. The number of hydrogen-bond acceptors (Lipinski definition) is 2. The van der Waals surface area contributed by atoms with Crippen molar-refractivity contribution in [2.75, 3.05) is 18.0 Å². The number of anilines is 1. The average molecular weight is 249 g/mol. The van der Waals surface area contributed by atoms with E-state index in [0.29, 0.717) is 0 Å². The Bertz CT molecular complexity index is 770. The van der Waals surface area contributed by atoms with Crippen molar-refractivity contribution in [1.82, 2.24) is 9.38 Å². The first kappa shape index (κ1) is 10.6. The smallest absolute Gasteiger partial charge is 0.110 e. The monoisotopic (exact) mass is 249 g/mol. The Kier molecular flexibility index (Phi) is 2.30. The lowest BCUT2D eigenvalue weighted by Gasteiger charge is -2.26. The zero-order valence-electron chi connectivity index (χ0n) is 10.7. The molecule has 0 bridgehead atoms. The summed E-state index contributed by atoms with van der Waals surface area (Å²) in [6, 6.07) is 10.6. The summed E-state index contributed by atoms with van der Waals surface area (Å²) in [6.45, 7) is 2.05. The summed E-state index contributed by atoms with van der Waals surface area (Å²) in [5.74, 6) is 0. The lowest BCUT2D eigenvalue weighted by atomic mass is 10.2. The van der Waals surface area contributed by atoms with E-state index >= 15 is 0 Å². The van der Waals surface area contributed by atoms with Crippen LogP contribution in [0.25, 0.3) is 16.6 Å². The highest BCUT2D eigenvalue weighted by molar-refractivity contribution is 5.90. The molecule has 4 rings (SSSR count). The van der Waals surface area contributed by atoms with Crippen LogP contribution < -0.4 is 4.90 Å². The highest BCUT2D eigenvalue weighted by atomic mass is 15.1. The van der Waals surface area contributed by atoms with Gasteiger partial charge in [-0.2, -0.15) is 0 Å². The summed E-state index contributed by atoms with van der Waals surface area (Å²) >= 11 is 0. The number of aromatic nitrogens is 2. The van der Waals surface area contributed by atoms with Crippen molar-refractivity contribution in [3.8, 4) is 0 Å². The lowest BCUT2D eigenvalue weighted by Crippen LogP contribution is -2.27. The number of fused-ring (bicyclic) bond motifs is 3. The minimum atomic E-state index is 0.977. The molecule has 1 aromatic carbocycles. The van der Waals surface area contributed by atoms with Gasteiger partial charge in [0, 0.05) is 19.3 Å². The third-order valence-corrected chi connectivity index (χ3v) is 3.76. The molecule has 0 radical (unpaired) electrons. The van der Waals surface area contributed by atoms with Crippen molar-refractivity contribution in [3.05, 3.63) is 54.9 Å². The normalized spacial score (nSPS) is 15.5. The molecule has 0 atom stereocenters. The van der Waals surface area contributed by atoms with E-state index in [1.165, 1.54) is 11.2 Å². The predicted octanol–water partition coefficient (Wildman–Crippen LogP) is 3.25. The summed E-state index contributed by atoms with van der Waals surface area (Å²) < 4.78 is 2.20. The molecule has 94 valence electrons. The van der Waals surface area contributed by atoms with Gasteiger partial charge >= 0.3 is 0 Å². The van der Waals surface area contributed by atoms with E-state index in [9.17, 15) is 0 Å². The van der Waals surface area contributed by atoms with Crippen LogP contribution in [0.5, 0.6) is 0 Å². The first-order chi connectivity index (χ1) is 9.43. The van der Waals surface area contributed by atoms with Crippen molar-refractivity contribution in [2.45, 2.75) is 6.42 Å². The van der Waals surface area contributed by atoms with Gasteiger partial charge in [-0.1, -0.05) is 18.2 Å². The molecule has 0 N–H and O–H groups in total. The first-order valence-corrected chi connectivity index (χ1v) is 6.68. The lowest BCUT2D eigenvalue weighted by molar-refractivity contribution is 0.823. The molecule has 2 aromatic heterocycles. The Morgan fingerprint density at radius 1 is 1.05 bits per heavy atom. The van der Waals surface area contributed by atoms with Crippen LogP contribution in [-0.4, -0.2) is 22.5 Å². The zero-order valence-corrected chi connectivity index (χ0v) is 10.7. The maximum atomic E-state index is 4.67. The van der Waals surface area contributed by atoms with Crippen LogP contribution in [0.2, 0.25) is 0 Å². The second-order valence-electron chi connectivity index (χ2n) is 4.91. The summed E-state index contributed by atoms with van der Waals surface area (Å²) in [6.07, 6.45) is 9.64. The van der Waals surface area contributed by atoms with Crippen LogP contribution in [0, 0.1) is 0 Å². The second-order valence-corrected chi connectivity index (χ2v) is 4.91. The molecule has 19 heavy (non-hydrogen) atoms. The van der Waals surface area contributed by atoms with Gasteiger partial charge in [-0.25, -0.2) is 0 Å². The number of nitrogens with zero attached hydrogens (tertiary/aromatic N) is 3. The molecule has 0 saturated heterocycles. The molecule has 3 aromatic rings. The summed E-state index contributed by atoms with van der Waals surface area (Å²) in [7, 11) is 0. The van der Waals surface area contributed by atoms with E-state index in [2.05, 4.69) is 63.0 Å².